The van der Waals surface area contributed by atoms with Crippen molar-refractivity contribution in [1.82, 2.24) is 0 Å². The van der Waals surface area contributed by atoms with Gasteiger partial charge in [-0.3, -0.25) is 0 Å². The molecule has 0 radical (unpaired) electrons. The van der Waals surface area contributed by atoms with Crippen LogP contribution in [-0.4, -0.2) is 13.7 Å². The number of ether oxygens (including phenoxy) is 1. The van der Waals surface area contributed by atoms with E-state index in [-0.39, 0.29) is 0 Å². The molecule has 0 heterocycles. The van der Waals surface area contributed by atoms with E-state index in [1.165, 1.54) is 17.5 Å². The highest BCUT2D eigenvalue weighted by molar-refractivity contribution is 6.33. The van der Waals surface area contributed by atoms with Crippen molar-refractivity contribution in [2.75, 3.05) is 13.7 Å². The van der Waals surface area contributed by atoms with Gasteiger partial charge in [-0.05, 0) is 48.9 Å². The quantitative estimate of drug-likeness (QED) is 0.857. The minimum Gasteiger partial charge on any atom is -0.495 e. The lowest BCUT2D eigenvalue weighted by Gasteiger charge is -2.13. The Hall–Kier alpha value is -0.730. The van der Waals surface area contributed by atoms with Gasteiger partial charge in [0.05, 0.1) is 12.1 Å². The summed E-state index contributed by atoms with van der Waals surface area (Å²) in [5.41, 5.74) is 9.38. The molecule has 0 aromatic heterocycles. The van der Waals surface area contributed by atoms with Crippen molar-refractivity contribution >= 4 is 11.6 Å². The number of nitrogens with two attached hydrogens (primary N) is 1. The number of rotatable bonds is 3. The summed E-state index contributed by atoms with van der Waals surface area (Å²) in [6.07, 6.45) is 4.24. The van der Waals surface area contributed by atoms with Crippen molar-refractivity contribution in [3.8, 4) is 5.75 Å². The number of hydrogen-bond donors (Lipinski definition) is 1. The Balaban J connectivity index is 2.51. The zero-order valence-electron chi connectivity index (χ0n) is 8.98. The van der Waals surface area contributed by atoms with Gasteiger partial charge >= 0.3 is 0 Å². The van der Waals surface area contributed by atoms with Gasteiger partial charge in [0.1, 0.15) is 5.75 Å². The molecule has 82 valence electrons. The summed E-state index contributed by atoms with van der Waals surface area (Å²) < 4.78 is 5.37. The average molecular weight is 226 g/mol. The normalized spacial score (nSPS) is 14.1. The minimum atomic E-state index is 0.630. The maximum atomic E-state index is 6.33. The lowest BCUT2D eigenvalue weighted by molar-refractivity contribution is 0.409. The van der Waals surface area contributed by atoms with Crippen molar-refractivity contribution in [3.63, 3.8) is 0 Å². The van der Waals surface area contributed by atoms with E-state index in [4.69, 9.17) is 22.1 Å². The smallest absolute Gasteiger partial charge is 0.140 e. The fraction of sp³-hybridized carbons (Fsp3) is 0.500. The Morgan fingerprint density at radius 1 is 1.47 bits per heavy atom. The maximum Gasteiger partial charge on any atom is 0.140 e. The zero-order chi connectivity index (χ0) is 10.8. The molecule has 0 saturated carbocycles. The molecule has 2 nitrogen and oxygen atoms in total. The first-order valence-electron chi connectivity index (χ1n) is 5.35. The van der Waals surface area contributed by atoms with Crippen LogP contribution < -0.4 is 10.5 Å². The standard InChI is InChI=1S/C12H16ClNO/c1-15-12-9(5-6-14)7-8-3-2-4-10(8)11(12)13/h7H,2-6,14H2,1H3. The highest BCUT2D eigenvalue weighted by atomic mass is 35.5. The van der Waals surface area contributed by atoms with Crippen LogP contribution in [0.3, 0.4) is 0 Å². The van der Waals surface area contributed by atoms with Gasteiger partial charge < -0.3 is 10.5 Å². The number of methoxy groups -OCH3 is 1. The van der Waals surface area contributed by atoms with E-state index < -0.39 is 0 Å². The first kappa shape index (κ1) is 10.8. The molecule has 15 heavy (non-hydrogen) atoms. The SMILES string of the molecule is COc1c(CCN)cc2c(c1Cl)CCC2. The van der Waals surface area contributed by atoms with Crippen LogP contribution >= 0.6 is 11.6 Å². The predicted octanol–water partition coefficient (Wildman–Crippen LogP) is 2.34. The molecule has 0 aliphatic heterocycles. The topological polar surface area (TPSA) is 35.2 Å². The highest BCUT2D eigenvalue weighted by Crippen LogP contribution is 2.38. The summed E-state index contributed by atoms with van der Waals surface area (Å²) in [6.45, 7) is 0.630. The van der Waals surface area contributed by atoms with Crippen molar-refractivity contribution in [1.29, 1.82) is 0 Å². The second-order valence-electron chi connectivity index (χ2n) is 3.91. The van der Waals surface area contributed by atoms with E-state index in [1.54, 1.807) is 7.11 Å². The van der Waals surface area contributed by atoms with E-state index >= 15 is 0 Å². The van der Waals surface area contributed by atoms with Gasteiger partial charge in [0.25, 0.3) is 0 Å². The third kappa shape index (κ3) is 1.84. The molecule has 0 bridgehead atoms. The molecule has 2 rings (SSSR count). The van der Waals surface area contributed by atoms with Crippen LogP contribution in [0.25, 0.3) is 0 Å². The summed E-state index contributed by atoms with van der Waals surface area (Å²) in [4.78, 5) is 0. The summed E-state index contributed by atoms with van der Waals surface area (Å²) in [5.74, 6) is 0.822. The molecule has 1 aromatic rings. The Bertz CT molecular complexity index is 376. The zero-order valence-corrected chi connectivity index (χ0v) is 9.73. The van der Waals surface area contributed by atoms with E-state index in [9.17, 15) is 0 Å². The Morgan fingerprint density at radius 2 is 2.27 bits per heavy atom. The van der Waals surface area contributed by atoms with E-state index in [2.05, 4.69) is 6.07 Å². The lowest BCUT2D eigenvalue weighted by atomic mass is 10.0. The molecule has 1 aliphatic carbocycles. The summed E-state index contributed by atoms with van der Waals surface area (Å²) in [6, 6.07) is 2.21. The number of fused-ring (bicyclic) bond motifs is 1. The van der Waals surface area contributed by atoms with Gasteiger partial charge in [-0.15, -0.1) is 0 Å². The van der Waals surface area contributed by atoms with Crippen molar-refractivity contribution in [2.45, 2.75) is 25.7 Å². The number of halogens is 1. The Morgan fingerprint density at radius 3 is 2.93 bits per heavy atom. The molecular formula is C12H16ClNO. The number of hydrogen-bond acceptors (Lipinski definition) is 2. The highest BCUT2D eigenvalue weighted by Gasteiger charge is 2.20. The Kier molecular flexibility index (Phi) is 3.17. The first-order valence-corrected chi connectivity index (χ1v) is 5.73. The number of benzene rings is 1. The van der Waals surface area contributed by atoms with Crippen molar-refractivity contribution < 1.29 is 4.74 Å². The van der Waals surface area contributed by atoms with Crippen LogP contribution in [0.2, 0.25) is 5.02 Å². The van der Waals surface area contributed by atoms with E-state index in [0.29, 0.717) is 6.54 Å². The molecular weight excluding hydrogens is 210 g/mol. The average Bonchev–Trinajstić information content (AvgIpc) is 2.67. The van der Waals surface area contributed by atoms with Crippen LogP contribution in [0, 0.1) is 0 Å². The van der Waals surface area contributed by atoms with Gasteiger partial charge in [0.15, 0.2) is 0 Å². The summed E-state index contributed by atoms with van der Waals surface area (Å²) in [5, 5.41) is 0.802. The molecule has 1 aliphatic rings. The molecule has 0 atom stereocenters. The van der Waals surface area contributed by atoms with Crippen molar-refractivity contribution in [3.05, 3.63) is 27.8 Å². The van der Waals surface area contributed by atoms with Crippen LogP contribution in [0.15, 0.2) is 6.07 Å². The fourth-order valence-corrected chi connectivity index (χ4v) is 2.71. The van der Waals surface area contributed by atoms with Gasteiger partial charge in [0.2, 0.25) is 0 Å². The van der Waals surface area contributed by atoms with E-state index in [0.717, 1.165) is 35.6 Å². The van der Waals surface area contributed by atoms with E-state index in [1.807, 2.05) is 0 Å². The van der Waals surface area contributed by atoms with Crippen LogP contribution in [0.1, 0.15) is 23.1 Å². The third-order valence-electron chi connectivity index (χ3n) is 2.98. The molecule has 0 amide bonds. The largest absolute Gasteiger partial charge is 0.495 e. The molecule has 0 fully saturated rings. The number of aryl methyl sites for hydroxylation is 1. The monoisotopic (exact) mass is 225 g/mol. The van der Waals surface area contributed by atoms with Crippen LogP contribution in [0.5, 0.6) is 5.75 Å². The molecule has 1 aromatic carbocycles. The maximum absolute atomic E-state index is 6.33. The second-order valence-corrected chi connectivity index (χ2v) is 4.29. The predicted molar refractivity (Wildman–Crippen MR) is 62.8 cm³/mol. The van der Waals surface area contributed by atoms with Gasteiger partial charge in [-0.1, -0.05) is 17.7 Å². The molecule has 0 saturated heterocycles. The molecule has 2 N–H and O–H groups in total. The van der Waals surface area contributed by atoms with Gasteiger partial charge in [-0.25, -0.2) is 0 Å². The third-order valence-corrected chi connectivity index (χ3v) is 3.38. The first-order chi connectivity index (χ1) is 7.27. The summed E-state index contributed by atoms with van der Waals surface area (Å²) in [7, 11) is 1.67. The minimum absolute atomic E-state index is 0.630. The molecule has 0 spiro atoms. The lowest BCUT2D eigenvalue weighted by Crippen LogP contribution is -2.05. The summed E-state index contributed by atoms with van der Waals surface area (Å²) >= 11 is 6.33. The Labute approximate surface area is 95.4 Å². The van der Waals surface area contributed by atoms with Crippen LogP contribution in [-0.2, 0) is 19.3 Å². The van der Waals surface area contributed by atoms with Crippen molar-refractivity contribution in [2.24, 2.45) is 5.73 Å². The molecule has 3 heteroatoms. The van der Waals surface area contributed by atoms with Crippen LogP contribution in [0.4, 0.5) is 0 Å². The molecule has 0 unspecified atom stereocenters. The second kappa shape index (κ2) is 4.42. The fourth-order valence-electron chi connectivity index (χ4n) is 2.29. The van der Waals surface area contributed by atoms with Gasteiger partial charge in [-0.2, -0.15) is 0 Å². The van der Waals surface area contributed by atoms with Gasteiger partial charge in [0, 0.05) is 0 Å².